The first kappa shape index (κ1) is 10.3. The van der Waals surface area contributed by atoms with Crippen LogP contribution < -0.4 is 5.32 Å². The summed E-state index contributed by atoms with van der Waals surface area (Å²) in [5, 5.41) is 21.6. The molecule has 0 aliphatic heterocycles. The average Bonchev–Trinajstić information content (AvgIpc) is 2.13. The number of hydrogen-bond donors (Lipinski definition) is 3. The van der Waals surface area contributed by atoms with E-state index in [2.05, 4.69) is 5.32 Å². The lowest BCUT2D eigenvalue weighted by atomic mass is 10.1. The van der Waals surface area contributed by atoms with Gasteiger partial charge < -0.3 is 15.5 Å². The van der Waals surface area contributed by atoms with Crippen molar-refractivity contribution in [2.45, 2.75) is 6.04 Å². The second-order valence-corrected chi connectivity index (χ2v) is 3.14. The molecule has 0 heterocycles. The minimum Gasteiger partial charge on any atom is -0.508 e. The molecule has 0 saturated carbocycles. The highest BCUT2D eigenvalue weighted by Crippen LogP contribution is 2.26. The van der Waals surface area contributed by atoms with Crippen LogP contribution in [0, 0.1) is 0 Å². The Morgan fingerprint density at radius 1 is 1.54 bits per heavy atom. The van der Waals surface area contributed by atoms with E-state index < -0.39 is 0 Å². The Balaban J connectivity index is 3.03. The number of hydrogen-bond acceptors (Lipinski definition) is 3. The van der Waals surface area contributed by atoms with E-state index in [-0.39, 0.29) is 18.4 Å². The highest BCUT2D eigenvalue weighted by molar-refractivity contribution is 6.31. The van der Waals surface area contributed by atoms with Gasteiger partial charge in [0.25, 0.3) is 0 Å². The molecule has 4 heteroatoms. The zero-order chi connectivity index (χ0) is 9.84. The summed E-state index contributed by atoms with van der Waals surface area (Å²) in [4.78, 5) is 0. The Morgan fingerprint density at radius 2 is 2.23 bits per heavy atom. The van der Waals surface area contributed by atoms with Crippen LogP contribution in [0.2, 0.25) is 5.02 Å². The second kappa shape index (κ2) is 4.46. The topological polar surface area (TPSA) is 52.5 Å². The Morgan fingerprint density at radius 3 is 2.77 bits per heavy atom. The van der Waals surface area contributed by atoms with E-state index in [9.17, 15) is 5.11 Å². The van der Waals surface area contributed by atoms with Gasteiger partial charge in [0, 0.05) is 5.02 Å². The number of likely N-dealkylation sites (N-methyl/N-ethyl adjacent to an activating group) is 1. The molecule has 3 N–H and O–H groups in total. The van der Waals surface area contributed by atoms with Gasteiger partial charge in [0.15, 0.2) is 0 Å². The number of halogens is 1. The van der Waals surface area contributed by atoms with Crippen molar-refractivity contribution < 1.29 is 10.2 Å². The van der Waals surface area contributed by atoms with Crippen LogP contribution in [0.5, 0.6) is 5.75 Å². The first-order chi connectivity index (χ1) is 6.19. The highest BCUT2D eigenvalue weighted by atomic mass is 35.5. The molecular weight excluding hydrogens is 190 g/mol. The molecule has 1 unspecified atom stereocenters. The van der Waals surface area contributed by atoms with Gasteiger partial charge >= 0.3 is 0 Å². The van der Waals surface area contributed by atoms with E-state index in [4.69, 9.17) is 16.7 Å². The van der Waals surface area contributed by atoms with Crippen LogP contribution >= 0.6 is 11.6 Å². The maximum Gasteiger partial charge on any atom is 0.116 e. The third-order valence-electron chi connectivity index (χ3n) is 1.89. The normalized spacial score (nSPS) is 12.8. The summed E-state index contributed by atoms with van der Waals surface area (Å²) in [5.74, 6) is 0.146. The van der Waals surface area contributed by atoms with E-state index in [0.29, 0.717) is 10.6 Å². The van der Waals surface area contributed by atoms with Crippen molar-refractivity contribution >= 4 is 11.6 Å². The smallest absolute Gasteiger partial charge is 0.116 e. The van der Waals surface area contributed by atoms with Crippen molar-refractivity contribution in [1.82, 2.24) is 5.32 Å². The summed E-state index contributed by atoms with van der Waals surface area (Å²) in [6.45, 7) is -0.0559. The summed E-state index contributed by atoms with van der Waals surface area (Å²) < 4.78 is 0. The van der Waals surface area contributed by atoms with Gasteiger partial charge in [-0.05, 0) is 30.8 Å². The van der Waals surface area contributed by atoms with Gasteiger partial charge in [0.05, 0.1) is 12.6 Å². The van der Waals surface area contributed by atoms with Crippen molar-refractivity contribution in [3.8, 4) is 5.75 Å². The Labute approximate surface area is 82.0 Å². The number of phenolic OH excluding ortho intramolecular Hbond substituents is 1. The zero-order valence-electron chi connectivity index (χ0n) is 7.29. The molecule has 0 bridgehead atoms. The van der Waals surface area contributed by atoms with Crippen LogP contribution in [0.1, 0.15) is 11.6 Å². The molecule has 0 aliphatic carbocycles. The first-order valence-electron chi connectivity index (χ1n) is 3.95. The number of aromatic hydroxyl groups is 1. The molecule has 0 amide bonds. The van der Waals surface area contributed by atoms with Crippen molar-refractivity contribution in [3.05, 3.63) is 28.8 Å². The fourth-order valence-corrected chi connectivity index (χ4v) is 1.39. The van der Waals surface area contributed by atoms with Gasteiger partial charge in [0.1, 0.15) is 5.75 Å². The molecule has 1 aromatic carbocycles. The van der Waals surface area contributed by atoms with Gasteiger partial charge in [-0.25, -0.2) is 0 Å². The molecular formula is C9H12ClNO2. The summed E-state index contributed by atoms with van der Waals surface area (Å²) in [5.41, 5.74) is 0.701. The van der Waals surface area contributed by atoms with E-state index >= 15 is 0 Å². The number of benzene rings is 1. The average molecular weight is 202 g/mol. The molecule has 0 radical (unpaired) electrons. The lowest BCUT2D eigenvalue weighted by molar-refractivity contribution is 0.251. The number of aliphatic hydroxyl groups is 1. The third-order valence-corrected chi connectivity index (χ3v) is 2.23. The molecule has 1 rings (SSSR count). The van der Waals surface area contributed by atoms with Crippen molar-refractivity contribution in [2.75, 3.05) is 13.7 Å². The Hall–Kier alpha value is -0.770. The predicted molar refractivity (Wildman–Crippen MR) is 52.0 cm³/mol. The molecule has 0 aliphatic rings. The van der Waals surface area contributed by atoms with Crippen molar-refractivity contribution in [2.24, 2.45) is 0 Å². The molecule has 13 heavy (non-hydrogen) atoms. The summed E-state index contributed by atoms with van der Waals surface area (Å²) in [7, 11) is 1.72. The van der Waals surface area contributed by atoms with Crippen molar-refractivity contribution in [1.29, 1.82) is 0 Å². The molecule has 72 valence electrons. The lowest BCUT2D eigenvalue weighted by Crippen LogP contribution is -2.20. The summed E-state index contributed by atoms with van der Waals surface area (Å²) in [6, 6.07) is 4.42. The Bertz CT molecular complexity index is 287. The number of aliphatic hydroxyl groups excluding tert-OH is 1. The molecule has 3 nitrogen and oxygen atoms in total. The van der Waals surface area contributed by atoms with Crippen LogP contribution in [0.4, 0.5) is 0 Å². The van der Waals surface area contributed by atoms with Crippen LogP contribution in [0.3, 0.4) is 0 Å². The maximum absolute atomic E-state index is 9.21. The standard InChI is InChI=1S/C9H12ClNO2/c1-11-9(5-12)7-4-6(13)2-3-8(7)10/h2-4,9,11-13H,5H2,1H3. The van der Waals surface area contributed by atoms with Crippen LogP contribution in [0.15, 0.2) is 18.2 Å². The summed E-state index contributed by atoms with van der Waals surface area (Å²) >= 11 is 5.89. The minimum absolute atomic E-state index is 0.0559. The maximum atomic E-state index is 9.21. The lowest BCUT2D eigenvalue weighted by Gasteiger charge is -2.15. The first-order valence-corrected chi connectivity index (χ1v) is 4.33. The zero-order valence-corrected chi connectivity index (χ0v) is 8.04. The highest BCUT2D eigenvalue weighted by Gasteiger charge is 2.11. The van der Waals surface area contributed by atoms with Gasteiger partial charge in [0.2, 0.25) is 0 Å². The van der Waals surface area contributed by atoms with Gasteiger partial charge in [-0.2, -0.15) is 0 Å². The molecule has 1 atom stereocenters. The molecule has 0 aromatic heterocycles. The quantitative estimate of drug-likeness (QED) is 0.691. The fraction of sp³-hybridized carbons (Fsp3) is 0.333. The third kappa shape index (κ3) is 2.34. The number of nitrogens with one attached hydrogen (secondary N) is 1. The molecule has 0 saturated heterocycles. The van der Waals surface area contributed by atoms with Gasteiger partial charge in [-0.15, -0.1) is 0 Å². The van der Waals surface area contributed by atoms with E-state index in [0.717, 1.165) is 0 Å². The molecule has 0 spiro atoms. The van der Waals surface area contributed by atoms with Crippen molar-refractivity contribution in [3.63, 3.8) is 0 Å². The van der Waals surface area contributed by atoms with Crippen LogP contribution in [0.25, 0.3) is 0 Å². The number of phenols is 1. The van der Waals surface area contributed by atoms with Crippen LogP contribution in [-0.2, 0) is 0 Å². The number of rotatable bonds is 3. The Kier molecular flexibility index (Phi) is 3.54. The molecule has 1 aromatic rings. The van der Waals surface area contributed by atoms with Gasteiger partial charge in [-0.3, -0.25) is 0 Å². The monoisotopic (exact) mass is 201 g/mol. The summed E-state index contributed by atoms with van der Waals surface area (Å²) in [6.07, 6.45) is 0. The second-order valence-electron chi connectivity index (χ2n) is 2.73. The van der Waals surface area contributed by atoms with E-state index in [1.807, 2.05) is 0 Å². The molecule has 0 fully saturated rings. The minimum atomic E-state index is -0.236. The van der Waals surface area contributed by atoms with Crippen LogP contribution in [-0.4, -0.2) is 23.9 Å². The van der Waals surface area contributed by atoms with Gasteiger partial charge in [-0.1, -0.05) is 11.6 Å². The SMILES string of the molecule is CNC(CO)c1cc(O)ccc1Cl. The van der Waals surface area contributed by atoms with E-state index in [1.165, 1.54) is 6.07 Å². The van der Waals surface area contributed by atoms with E-state index in [1.54, 1.807) is 19.2 Å². The fourth-order valence-electron chi connectivity index (χ4n) is 1.14. The largest absolute Gasteiger partial charge is 0.508 e. The predicted octanol–water partition coefficient (Wildman–Crippen LogP) is 1.30.